The summed E-state index contributed by atoms with van der Waals surface area (Å²) in [5.74, 6) is -1.73. The summed E-state index contributed by atoms with van der Waals surface area (Å²) < 4.78 is 39.2. The zero-order valence-electron chi connectivity index (χ0n) is 13.8. The Labute approximate surface area is 143 Å². The van der Waals surface area contributed by atoms with Gasteiger partial charge >= 0.3 is 6.09 Å². The Bertz CT molecular complexity index is 656. The van der Waals surface area contributed by atoms with Crippen molar-refractivity contribution >= 4 is 23.4 Å². The second kappa shape index (κ2) is 7.22. The van der Waals surface area contributed by atoms with Crippen LogP contribution in [0.15, 0.2) is 12.1 Å². The summed E-state index contributed by atoms with van der Waals surface area (Å²) >= 11 is 0. The summed E-state index contributed by atoms with van der Waals surface area (Å²) in [6.45, 7) is 3.22. The van der Waals surface area contributed by atoms with Crippen LogP contribution in [0.5, 0.6) is 0 Å². The van der Waals surface area contributed by atoms with E-state index in [1.54, 1.807) is 4.90 Å². The molecular formula is C16H19F2N3O4. The molecule has 0 spiro atoms. The number of carbonyl (C=O) groups excluding carboxylic acids is 2. The predicted molar refractivity (Wildman–Crippen MR) is 85.7 cm³/mol. The van der Waals surface area contributed by atoms with E-state index < -0.39 is 23.8 Å². The summed E-state index contributed by atoms with van der Waals surface area (Å²) in [7, 11) is 0. The number of hydrogen-bond donors (Lipinski definition) is 1. The van der Waals surface area contributed by atoms with Crippen molar-refractivity contribution in [3.63, 3.8) is 0 Å². The standard InChI is InChI=1S/C16H19F2N3O4/c1-10(22)19-8-12-9-21(16(23)25-12)11-6-13(17)15(14(18)7-11)20-2-4-24-5-3-20/h6-7,12H,2-5,8-9H2,1H3,(H,19,22). The molecule has 9 heteroatoms. The average Bonchev–Trinajstić information content (AvgIpc) is 2.94. The van der Waals surface area contributed by atoms with E-state index in [1.807, 2.05) is 0 Å². The minimum Gasteiger partial charge on any atom is -0.442 e. The van der Waals surface area contributed by atoms with Gasteiger partial charge in [-0.05, 0) is 0 Å². The molecule has 0 aromatic heterocycles. The lowest BCUT2D eigenvalue weighted by molar-refractivity contribution is -0.119. The highest BCUT2D eigenvalue weighted by Gasteiger charge is 2.33. The lowest BCUT2D eigenvalue weighted by atomic mass is 10.2. The van der Waals surface area contributed by atoms with E-state index in [2.05, 4.69) is 5.32 Å². The van der Waals surface area contributed by atoms with Crippen molar-refractivity contribution in [2.24, 2.45) is 0 Å². The molecule has 3 rings (SSSR count). The van der Waals surface area contributed by atoms with Gasteiger partial charge in [0.1, 0.15) is 11.8 Å². The van der Waals surface area contributed by atoms with Gasteiger partial charge in [-0.15, -0.1) is 0 Å². The molecule has 1 atom stereocenters. The maximum absolute atomic E-state index is 14.5. The van der Waals surface area contributed by atoms with E-state index in [4.69, 9.17) is 9.47 Å². The minimum atomic E-state index is -0.741. The third-order valence-electron chi connectivity index (χ3n) is 4.09. The van der Waals surface area contributed by atoms with Gasteiger partial charge in [-0.2, -0.15) is 0 Å². The van der Waals surface area contributed by atoms with Gasteiger partial charge in [0.05, 0.1) is 32.0 Å². The fourth-order valence-electron chi connectivity index (χ4n) is 2.89. The molecule has 0 radical (unpaired) electrons. The normalized spacial score (nSPS) is 20.6. The van der Waals surface area contributed by atoms with E-state index in [9.17, 15) is 18.4 Å². The Morgan fingerprint density at radius 2 is 1.92 bits per heavy atom. The number of nitrogens with one attached hydrogen (secondary N) is 1. The maximum atomic E-state index is 14.5. The SMILES string of the molecule is CC(=O)NCC1CN(c2cc(F)c(N3CCOCC3)c(F)c2)C(=O)O1. The molecule has 0 bridgehead atoms. The lowest BCUT2D eigenvalue weighted by Crippen LogP contribution is -2.37. The first-order chi connectivity index (χ1) is 12.0. The molecule has 25 heavy (non-hydrogen) atoms. The zero-order chi connectivity index (χ0) is 18.0. The molecule has 2 fully saturated rings. The molecule has 2 saturated heterocycles. The van der Waals surface area contributed by atoms with Crippen molar-refractivity contribution in [3.05, 3.63) is 23.8 Å². The molecule has 7 nitrogen and oxygen atoms in total. The minimum absolute atomic E-state index is 0.0855. The Morgan fingerprint density at radius 1 is 1.28 bits per heavy atom. The zero-order valence-corrected chi connectivity index (χ0v) is 13.8. The van der Waals surface area contributed by atoms with Crippen molar-refractivity contribution in [2.45, 2.75) is 13.0 Å². The number of ether oxygens (including phenoxy) is 2. The van der Waals surface area contributed by atoms with Gasteiger partial charge in [0.15, 0.2) is 11.6 Å². The molecule has 2 amide bonds. The Kier molecular flexibility index (Phi) is 5.03. The average molecular weight is 355 g/mol. The van der Waals surface area contributed by atoms with Crippen molar-refractivity contribution in [3.8, 4) is 0 Å². The largest absolute Gasteiger partial charge is 0.442 e. The number of rotatable bonds is 4. The van der Waals surface area contributed by atoms with Crippen LogP contribution in [0.4, 0.5) is 25.0 Å². The topological polar surface area (TPSA) is 71.1 Å². The first kappa shape index (κ1) is 17.4. The van der Waals surface area contributed by atoms with Crippen LogP contribution in [0.2, 0.25) is 0 Å². The highest BCUT2D eigenvalue weighted by atomic mass is 19.1. The fraction of sp³-hybridized carbons (Fsp3) is 0.500. The number of nitrogens with zero attached hydrogens (tertiary/aromatic N) is 2. The monoisotopic (exact) mass is 355 g/mol. The molecule has 1 unspecified atom stereocenters. The summed E-state index contributed by atoms with van der Waals surface area (Å²) in [5, 5.41) is 2.55. The maximum Gasteiger partial charge on any atom is 0.414 e. The van der Waals surface area contributed by atoms with Crippen LogP contribution < -0.4 is 15.1 Å². The summed E-state index contributed by atoms with van der Waals surface area (Å²) in [4.78, 5) is 25.6. The molecule has 0 saturated carbocycles. The van der Waals surface area contributed by atoms with Crippen LogP contribution in [0.1, 0.15) is 6.92 Å². The van der Waals surface area contributed by atoms with E-state index in [0.29, 0.717) is 26.3 Å². The Hall–Kier alpha value is -2.42. The van der Waals surface area contributed by atoms with E-state index in [0.717, 1.165) is 17.0 Å². The van der Waals surface area contributed by atoms with E-state index in [1.165, 1.54) is 6.92 Å². The van der Waals surface area contributed by atoms with Crippen molar-refractivity contribution in [1.82, 2.24) is 5.32 Å². The number of morpholine rings is 1. The van der Waals surface area contributed by atoms with Gasteiger partial charge in [-0.25, -0.2) is 13.6 Å². The number of carbonyl (C=O) groups is 2. The molecule has 1 N–H and O–H groups in total. The first-order valence-electron chi connectivity index (χ1n) is 8.00. The highest BCUT2D eigenvalue weighted by molar-refractivity contribution is 5.90. The number of anilines is 2. The second-order valence-electron chi connectivity index (χ2n) is 5.91. The molecule has 0 aliphatic carbocycles. The first-order valence-corrected chi connectivity index (χ1v) is 8.00. The molecule has 136 valence electrons. The van der Waals surface area contributed by atoms with E-state index in [-0.39, 0.29) is 30.4 Å². The Morgan fingerprint density at radius 3 is 2.52 bits per heavy atom. The lowest BCUT2D eigenvalue weighted by Gasteiger charge is -2.29. The van der Waals surface area contributed by atoms with Crippen LogP contribution in [-0.2, 0) is 14.3 Å². The van der Waals surface area contributed by atoms with E-state index >= 15 is 0 Å². The van der Waals surface area contributed by atoms with Gasteiger partial charge in [-0.1, -0.05) is 0 Å². The number of benzene rings is 1. The predicted octanol–water partition coefficient (Wildman–Crippen LogP) is 1.26. The number of amides is 2. The van der Waals surface area contributed by atoms with Crippen LogP contribution in [-0.4, -0.2) is 57.5 Å². The van der Waals surface area contributed by atoms with Gasteiger partial charge in [0, 0.05) is 32.1 Å². The second-order valence-corrected chi connectivity index (χ2v) is 5.91. The smallest absolute Gasteiger partial charge is 0.414 e. The fourth-order valence-corrected chi connectivity index (χ4v) is 2.89. The van der Waals surface area contributed by atoms with Crippen LogP contribution in [0.25, 0.3) is 0 Å². The molecular weight excluding hydrogens is 336 g/mol. The van der Waals surface area contributed by atoms with Crippen molar-refractivity contribution in [2.75, 3.05) is 49.2 Å². The quantitative estimate of drug-likeness (QED) is 0.881. The van der Waals surface area contributed by atoms with Gasteiger partial charge < -0.3 is 19.7 Å². The number of halogens is 2. The van der Waals surface area contributed by atoms with Crippen molar-refractivity contribution in [1.29, 1.82) is 0 Å². The van der Waals surface area contributed by atoms with Crippen molar-refractivity contribution < 1.29 is 27.8 Å². The van der Waals surface area contributed by atoms with Crippen LogP contribution in [0.3, 0.4) is 0 Å². The van der Waals surface area contributed by atoms with Gasteiger partial charge in [0.2, 0.25) is 5.91 Å². The molecule has 2 heterocycles. The highest BCUT2D eigenvalue weighted by Crippen LogP contribution is 2.31. The summed E-state index contributed by atoms with van der Waals surface area (Å²) in [6.07, 6.45) is -1.27. The molecule has 2 aliphatic rings. The third-order valence-corrected chi connectivity index (χ3v) is 4.09. The summed E-state index contributed by atoms with van der Waals surface area (Å²) in [5.41, 5.74) is -0.0308. The Balaban J connectivity index is 1.76. The van der Waals surface area contributed by atoms with Gasteiger partial charge in [0.25, 0.3) is 0 Å². The number of cyclic esters (lactones) is 1. The van der Waals surface area contributed by atoms with Crippen LogP contribution in [0, 0.1) is 11.6 Å². The van der Waals surface area contributed by atoms with Gasteiger partial charge in [-0.3, -0.25) is 9.69 Å². The summed E-state index contributed by atoms with van der Waals surface area (Å²) in [6, 6.07) is 2.24. The molecule has 1 aromatic carbocycles. The third kappa shape index (κ3) is 3.81. The molecule has 2 aliphatic heterocycles. The molecule has 1 aromatic rings. The number of hydrogen-bond acceptors (Lipinski definition) is 5. The van der Waals surface area contributed by atoms with Crippen LogP contribution >= 0.6 is 0 Å².